The molecule has 2 atom stereocenters. The molecule has 1 saturated heterocycles. The van der Waals surface area contributed by atoms with E-state index in [0.717, 1.165) is 37.1 Å². The lowest BCUT2D eigenvalue weighted by atomic mass is 10.00. The Hall–Kier alpha value is -2.08. The first-order chi connectivity index (χ1) is 11.1. The Labute approximate surface area is 136 Å². The molecule has 1 heterocycles. The summed E-state index contributed by atoms with van der Waals surface area (Å²) in [4.78, 5) is 25.8. The third-order valence-corrected chi connectivity index (χ3v) is 4.69. The van der Waals surface area contributed by atoms with Crippen LogP contribution in [-0.4, -0.2) is 31.1 Å². The van der Waals surface area contributed by atoms with Crippen LogP contribution in [0.4, 0.5) is 16.2 Å². The predicted octanol–water partition coefficient (Wildman–Crippen LogP) is 2.06. The number of hydrogen-bond donors (Lipinski definition) is 3. The first-order valence-electron chi connectivity index (χ1n) is 8.34. The number of urea groups is 1. The van der Waals surface area contributed by atoms with Gasteiger partial charge in [-0.05, 0) is 43.4 Å². The van der Waals surface area contributed by atoms with Crippen molar-refractivity contribution in [3.8, 4) is 0 Å². The molecular weight excluding hydrogens is 292 g/mol. The van der Waals surface area contributed by atoms with Crippen molar-refractivity contribution in [1.82, 2.24) is 5.32 Å². The van der Waals surface area contributed by atoms with E-state index in [1.54, 1.807) is 4.90 Å². The first kappa shape index (κ1) is 15.8. The quantitative estimate of drug-likeness (QED) is 0.794. The lowest BCUT2D eigenvalue weighted by Crippen LogP contribution is -2.46. The maximum Gasteiger partial charge on any atom is 0.321 e. The van der Waals surface area contributed by atoms with Crippen LogP contribution in [0.25, 0.3) is 0 Å². The zero-order valence-corrected chi connectivity index (χ0v) is 13.3. The van der Waals surface area contributed by atoms with Gasteiger partial charge in [0.15, 0.2) is 0 Å². The highest BCUT2D eigenvalue weighted by Gasteiger charge is 2.26. The monoisotopic (exact) mass is 316 g/mol. The van der Waals surface area contributed by atoms with Gasteiger partial charge >= 0.3 is 6.03 Å². The molecule has 1 aliphatic carbocycles. The number of nitrogens with two attached hydrogens (primary N) is 1. The van der Waals surface area contributed by atoms with E-state index in [1.807, 2.05) is 24.3 Å². The SMILES string of the molecule is N[C@@H]1CCC[C@H]1CC(=O)Nc1cccc(N2CCCNC2=O)c1. The normalized spacial score (nSPS) is 24.4. The van der Waals surface area contributed by atoms with Gasteiger partial charge in [-0.25, -0.2) is 4.79 Å². The Morgan fingerprint density at radius 2 is 2.22 bits per heavy atom. The lowest BCUT2D eigenvalue weighted by molar-refractivity contribution is -0.117. The number of amides is 3. The molecule has 2 fully saturated rings. The van der Waals surface area contributed by atoms with Gasteiger partial charge in [0.25, 0.3) is 0 Å². The smallest absolute Gasteiger partial charge is 0.321 e. The van der Waals surface area contributed by atoms with Crippen molar-refractivity contribution in [1.29, 1.82) is 0 Å². The molecule has 3 rings (SSSR count). The van der Waals surface area contributed by atoms with Crippen LogP contribution in [0.5, 0.6) is 0 Å². The first-order valence-corrected chi connectivity index (χ1v) is 8.34. The minimum Gasteiger partial charge on any atom is -0.338 e. The molecule has 2 aliphatic rings. The van der Waals surface area contributed by atoms with Gasteiger partial charge < -0.3 is 16.4 Å². The van der Waals surface area contributed by atoms with Crippen LogP contribution < -0.4 is 21.3 Å². The topological polar surface area (TPSA) is 87.5 Å². The maximum absolute atomic E-state index is 12.2. The molecule has 124 valence electrons. The van der Waals surface area contributed by atoms with Gasteiger partial charge in [0.2, 0.25) is 5.91 Å². The van der Waals surface area contributed by atoms with Crippen molar-refractivity contribution < 1.29 is 9.59 Å². The van der Waals surface area contributed by atoms with E-state index in [2.05, 4.69) is 10.6 Å². The number of nitrogens with zero attached hydrogens (tertiary/aromatic N) is 1. The molecular formula is C17H24N4O2. The second kappa shape index (κ2) is 7.00. The number of rotatable bonds is 4. The second-order valence-corrected chi connectivity index (χ2v) is 6.39. The van der Waals surface area contributed by atoms with Crippen molar-refractivity contribution in [2.45, 2.75) is 38.1 Å². The Bertz CT molecular complexity index is 590. The van der Waals surface area contributed by atoms with E-state index in [4.69, 9.17) is 5.73 Å². The molecule has 0 aromatic heterocycles. The molecule has 1 aromatic rings. The van der Waals surface area contributed by atoms with E-state index in [-0.39, 0.29) is 23.9 Å². The summed E-state index contributed by atoms with van der Waals surface area (Å²) in [6, 6.07) is 7.48. The van der Waals surface area contributed by atoms with E-state index < -0.39 is 0 Å². The molecule has 0 unspecified atom stereocenters. The van der Waals surface area contributed by atoms with E-state index >= 15 is 0 Å². The number of nitrogens with one attached hydrogen (secondary N) is 2. The minimum atomic E-state index is -0.0864. The van der Waals surface area contributed by atoms with Gasteiger partial charge in [-0.1, -0.05) is 12.5 Å². The number of carbonyl (C=O) groups excluding carboxylic acids is 2. The number of carbonyl (C=O) groups is 2. The van der Waals surface area contributed by atoms with Gasteiger partial charge in [0.1, 0.15) is 0 Å². The summed E-state index contributed by atoms with van der Waals surface area (Å²) in [5.74, 6) is 0.277. The van der Waals surface area contributed by atoms with Gasteiger partial charge in [0, 0.05) is 36.9 Å². The Morgan fingerprint density at radius 3 is 2.96 bits per heavy atom. The van der Waals surface area contributed by atoms with Crippen molar-refractivity contribution in [3.05, 3.63) is 24.3 Å². The summed E-state index contributed by atoms with van der Waals surface area (Å²) >= 11 is 0. The number of hydrogen-bond acceptors (Lipinski definition) is 3. The van der Waals surface area contributed by atoms with Crippen LogP contribution in [0.15, 0.2) is 24.3 Å². The highest BCUT2D eigenvalue weighted by atomic mass is 16.2. The van der Waals surface area contributed by atoms with Crippen LogP contribution >= 0.6 is 0 Å². The summed E-state index contributed by atoms with van der Waals surface area (Å²) in [6.07, 6.45) is 4.54. The van der Waals surface area contributed by atoms with E-state index in [1.165, 1.54) is 0 Å². The van der Waals surface area contributed by atoms with Crippen LogP contribution in [0, 0.1) is 5.92 Å². The zero-order valence-electron chi connectivity index (χ0n) is 13.3. The molecule has 0 radical (unpaired) electrons. The summed E-state index contributed by atoms with van der Waals surface area (Å²) < 4.78 is 0. The van der Waals surface area contributed by atoms with Crippen molar-refractivity contribution in [2.75, 3.05) is 23.3 Å². The molecule has 6 nitrogen and oxygen atoms in total. The van der Waals surface area contributed by atoms with Crippen molar-refractivity contribution in [2.24, 2.45) is 11.7 Å². The van der Waals surface area contributed by atoms with Gasteiger partial charge in [-0.3, -0.25) is 9.69 Å². The summed E-state index contributed by atoms with van der Waals surface area (Å²) in [7, 11) is 0. The van der Waals surface area contributed by atoms with E-state index in [9.17, 15) is 9.59 Å². The standard InChI is InChI=1S/C17H24N4O2/c18-15-7-1-4-12(15)10-16(22)20-13-5-2-6-14(11-13)21-9-3-8-19-17(21)23/h2,5-6,11-12,15H,1,3-4,7-10,18H2,(H,19,23)(H,20,22)/t12-,15+/m0/s1. The van der Waals surface area contributed by atoms with Gasteiger partial charge in [-0.15, -0.1) is 0 Å². The predicted molar refractivity (Wildman–Crippen MR) is 90.4 cm³/mol. The summed E-state index contributed by atoms with van der Waals surface area (Å²) in [5.41, 5.74) is 7.55. The molecule has 23 heavy (non-hydrogen) atoms. The third-order valence-electron chi connectivity index (χ3n) is 4.69. The number of anilines is 2. The van der Waals surface area contributed by atoms with Crippen LogP contribution in [0.1, 0.15) is 32.1 Å². The number of benzene rings is 1. The largest absolute Gasteiger partial charge is 0.338 e. The molecule has 0 bridgehead atoms. The van der Waals surface area contributed by atoms with Crippen molar-refractivity contribution >= 4 is 23.3 Å². The zero-order chi connectivity index (χ0) is 16.2. The minimum absolute atomic E-state index is 0.00686. The molecule has 4 N–H and O–H groups in total. The molecule has 1 aliphatic heterocycles. The van der Waals surface area contributed by atoms with Crippen LogP contribution in [0.2, 0.25) is 0 Å². The highest BCUT2D eigenvalue weighted by Crippen LogP contribution is 2.27. The highest BCUT2D eigenvalue weighted by molar-refractivity contribution is 5.95. The van der Waals surface area contributed by atoms with Crippen molar-refractivity contribution in [3.63, 3.8) is 0 Å². The molecule has 3 amide bonds. The Kier molecular flexibility index (Phi) is 4.81. The summed E-state index contributed by atoms with van der Waals surface area (Å²) in [5, 5.41) is 5.76. The van der Waals surface area contributed by atoms with Gasteiger partial charge in [-0.2, -0.15) is 0 Å². The van der Waals surface area contributed by atoms with Gasteiger partial charge in [0.05, 0.1) is 0 Å². The average Bonchev–Trinajstić information content (AvgIpc) is 2.93. The fraction of sp³-hybridized carbons (Fsp3) is 0.529. The molecule has 1 aromatic carbocycles. The Morgan fingerprint density at radius 1 is 1.35 bits per heavy atom. The third kappa shape index (κ3) is 3.82. The average molecular weight is 316 g/mol. The maximum atomic E-state index is 12.2. The lowest BCUT2D eigenvalue weighted by Gasteiger charge is -2.27. The van der Waals surface area contributed by atoms with Crippen LogP contribution in [-0.2, 0) is 4.79 Å². The Balaban J connectivity index is 1.63. The second-order valence-electron chi connectivity index (χ2n) is 6.39. The van der Waals surface area contributed by atoms with E-state index in [0.29, 0.717) is 19.5 Å². The fourth-order valence-corrected chi connectivity index (χ4v) is 3.40. The molecule has 1 saturated carbocycles. The summed E-state index contributed by atoms with van der Waals surface area (Å²) in [6.45, 7) is 1.41. The van der Waals surface area contributed by atoms with Crippen LogP contribution in [0.3, 0.4) is 0 Å². The molecule has 6 heteroatoms. The molecule has 0 spiro atoms. The fourth-order valence-electron chi connectivity index (χ4n) is 3.40.